The van der Waals surface area contributed by atoms with Crippen molar-refractivity contribution in [3.8, 4) is 0 Å². The van der Waals surface area contributed by atoms with Crippen LogP contribution in [0.5, 0.6) is 0 Å². The molecule has 1 aliphatic rings. The van der Waals surface area contributed by atoms with Crippen LogP contribution in [0.3, 0.4) is 0 Å². The van der Waals surface area contributed by atoms with Crippen LogP contribution in [0.25, 0.3) is 6.08 Å². The highest BCUT2D eigenvalue weighted by molar-refractivity contribution is 7.80. The van der Waals surface area contributed by atoms with E-state index in [1.807, 2.05) is 11.4 Å². The maximum Gasteiger partial charge on any atom is 0.270 e. The number of nitrogens with one attached hydrogen (secondary N) is 1. The van der Waals surface area contributed by atoms with E-state index in [2.05, 4.69) is 5.32 Å². The first-order valence-corrected chi connectivity index (χ1v) is 7.55. The van der Waals surface area contributed by atoms with Crippen molar-refractivity contribution in [1.29, 1.82) is 0 Å². The molecule has 0 atom stereocenters. The second-order valence-electron chi connectivity index (χ2n) is 4.45. The lowest BCUT2D eigenvalue weighted by Gasteiger charge is -2.28. The number of halogens is 1. The maximum atomic E-state index is 13.0. The van der Waals surface area contributed by atoms with Crippen LogP contribution in [0, 0.1) is 5.82 Å². The van der Waals surface area contributed by atoms with Gasteiger partial charge < -0.3 is 0 Å². The summed E-state index contributed by atoms with van der Waals surface area (Å²) in [5.74, 6) is -1.49. The first-order valence-electron chi connectivity index (χ1n) is 6.27. The molecule has 2 aromatic rings. The predicted molar refractivity (Wildman–Crippen MR) is 86.9 cm³/mol. The van der Waals surface area contributed by atoms with Crippen LogP contribution in [-0.4, -0.2) is 16.9 Å². The molecule has 4 nitrogen and oxygen atoms in total. The van der Waals surface area contributed by atoms with E-state index >= 15 is 0 Å². The topological polar surface area (TPSA) is 49.4 Å². The molecule has 0 spiro atoms. The second-order valence-corrected chi connectivity index (χ2v) is 5.82. The number of thiocarbonyl (C=S) groups is 1. The largest absolute Gasteiger partial charge is 0.298 e. The average Bonchev–Trinajstić information content (AvgIpc) is 2.98. The summed E-state index contributed by atoms with van der Waals surface area (Å²) in [5.41, 5.74) is 0.383. The summed E-state index contributed by atoms with van der Waals surface area (Å²) in [6, 6.07) is 8.94. The van der Waals surface area contributed by atoms with Crippen molar-refractivity contribution in [2.24, 2.45) is 0 Å². The zero-order valence-corrected chi connectivity index (χ0v) is 12.7. The number of benzene rings is 1. The first kappa shape index (κ1) is 14.6. The van der Waals surface area contributed by atoms with Crippen molar-refractivity contribution in [2.75, 3.05) is 4.90 Å². The number of carbonyl (C=O) groups excluding carboxylic acids is 2. The van der Waals surface area contributed by atoms with E-state index in [0.717, 1.165) is 4.88 Å². The van der Waals surface area contributed by atoms with Crippen LogP contribution < -0.4 is 10.2 Å². The summed E-state index contributed by atoms with van der Waals surface area (Å²) < 4.78 is 13.0. The van der Waals surface area contributed by atoms with Gasteiger partial charge in [0.25, 0.3) is 11.8 Å². The van der Waals surface area contributed by atoms with Crippen molar-refractivity contribution in [2.45, 2.75) is 0 Å². The van der Waals surface area contributed by atoms with E-state index in [0.29, 0.717) is 5.69 Å². The molecule has 0 bridgehead atoms. The Morgan fingerprint density at radius 1 is 1.18 bits per heavy atom. The van der Waals surface area contributed by atoms with Gasteiger partial charge in [-0.15, -0.1) is 11.3 Å². The molecule has 22 heavy (non-hydrogen) atoms. The van der Waals surface area contributed by atoms with Crippen LogP contribution >= 0.6 is 23.6 Å². The maximum absolute atomic E-state index is 13.0. The summed E-state index contributed by atoms with van der Waals surface area (Å²) in [7, 11) is 0. The highest BCUT2D eigenvalue weighted by atomic mass is 32.1. The minimum atomic E-state index is -0.540. The first-order chi connectivity index (χ1) is 10.6. The summed E-state index contributed by atoms with van der Waals surface area (Å²) in [6.45, 7) is 0. The Morgan fingerprint density at radius 3 is 2.55 bits per heavy atom. The number of hydrogen-bond donors (Lipinski definition) is 1. The van der Waals surface area contributed by atoms with Gasteiger partial charge in [-0.05, 0) is 54.0 Å². The van der Waals surface area contributed by atoms with E-state index in [1.54, 1.807) is 6.07 Å². The minimum absolute atomic E-state index is 0.0135. The SMILES string of the molecule is O=C1NC(=S)N(c2ccc(F)cc2)C(=O)C1=Cc1cccs1. The Balaban J connectivity index is 2.01. The molecule has 1 fully saturated rings. The molecule has 110 valence electrons. The molecule has 1 aromatic carbocycles. The van der Waals surface area contributed by atoms with Crippen molar-refractivity contribution in [3.05, 3.63) is 58.0 Å². The van der Waals surface area contributed by atoms with E-state index in [-0.39, 0.29) is 10.7 Å². The Hall–Kier alpha value is -2.38. The number of anilines is 1. The summed E-state index contributed by atoms with van der Waals surface area (Å²) in [5, 5.41) is 4.30. The molecular formula is C15H9FN2O2S2. The molecule has 1 N–H and O–H groups in total. The second kappa shape index (κ2) is 5.78. The quantitative estimate of drug-likeness (QED) is 0.523. The third-order valence-corrected chi connectivity index (χ3v) is 4.12. The number of hydrogen-bond acceptors (Lipinski definition) is 4. The molecule has 3 rings (SSSR count). The van der Waals surface area contributed by atoms with Crippen LogP contribution in [-0.2, 0) is 9.59 Å². The van der Waals surface area contributed by atoms with Gasteiger partial charge in [0, 0.05) is 4.88 Å². The Bertz CT molecular complexity index is 782. The standard InChI is InChI=1S/C15H9FN2O2S2/c16-9-3-5-10(6-4-9)18-14(20)12(13(19)17-15(18)21)8-11-2-1-7-22-11/h1-8H,(H,17,19,21). The lowest BCUT2D eigenvalue weighted by atomic mass is 10.1. The normalized spacial score (nSPS) is 17.0. The van der Waals surface area contributed by atoms with Gasteiger partial charge in [-0.3, -0.25) is 19.8 Å². The molecule has 2 heterocycles. The highest BCUT2D eigenvalue weighted by Gasteiger charge is 2.34. The van der Waals surface area contributed by atoms with Crippen LogP contribution in [0.15, 0.2) is 47.4 Å². The fourth-order valence-corrected chi connectivity index (χ4v) is 2.94. The molecule has 1 aromatic heterocycles. The number of thiophene rings is 1. The fourth-order valence-electron chi connectivity index (χ4n) is 2.00. The molecule has 1 saturated heterocycles. The van der Waals surface area contributed by atoms with Gasteiger partial charge in [0.15, 0.2) is 5.11 Å². The smallest absolute Gasteiger partial charge is 0.270 e. The van der Waals surface area contributed by atoms with Gasteiger partial charge in [-0.1, -0.05) is 6.07 Å². The van der Waals surface area contributed by atoms with Gasteiger partial charge in [-0.25, -0.2) is 4.39 Å². The van der Waals surface area contributed by atoms with Crippen molar-refractivity contribution in [1.82, 2.24) is 5.32 Å². The number of amides is 2. The highest BCUT2D eigenvalue weighted by Crippen LogP contribution is 2.23. The van der Waals surface area contributed by atoms with Crippen molar-refractivity contribution in [3.63, 3.8) is 0 Å². The van der Waals surface area contributed by atoms with Gasteiger partial charge in [0.2, 0.25) is 0 Å². The molecule has 0 unspecified atom stereocenters. The Morgan fingerprint density at radius 2 is 1.91 bits per heavy atom. The lowest BCUT2D eigenvalue weighted by molar-refractivity contribution is -0.122. The number of carbonyl (C=O) groups is 2. The van der Waals surface area contributed by atoms with Crippen molar-refractivity contribution < 1.29 is 14.0 Å². The molecule has 0 radical (unpaired) electrons. The molecule has 2 amide bonds. The van der Waals surface area contributed by atoms with E-state index < -0.39 is 17.6 Å². The van der Waals surface area contributed by atoms with Gasteiger partial charge in [0.1, 0.15) is 11.4 Å². The molecule has 7 heteroatoms. The van der Waals surface area contributed by atoms with Crippen LogP contribution in [0.4, 0.5) is 10.1 Å². The summed E-state index contributed by atoms with van der Waals surface area (Å²) in [4.78, 5) is 26.5. The van der Waals surface area contributed by atoms with Crippen LogP contribution in [0.2, 0.25) is 0 Å². The minimum Gasteiger partial charge on any atom is -0.298 e. The third kappa shape index (κ3) is 2.68. The predicted octanol–water partition coefficient (Wildman–Crippen LogP) is 2.72. The van der Waals surface area contributed by atoms with Gasteiger partial charge in [0.05, 0.1) is 5.69 Å². The Kier molecular flexibility index (Phi) is 3.82. The van der Waals surface area contributed by atoms with Gasteiger partial charge in [-0.2, -0.15) is 0 Å². The monoisotopic (exact) mass is 332 g/mol. The zero-order chi connectivity index (χ0) is 15.7. The average molecular weight is 332 g/mol. The molecular weight excluding hydrogens is 323 g/mol. The lowest BCUT2D eigenvalue weighted by Crippen LogP contribution is -2.54. The van der Waals surface area contributed by atoms with Gasteiger partial charge >= 0.3 is 0 Å². The fraction of sp³-hybridized carbons (Fsp3) is 0. The Labute approximate surface area is 134 Å². The molecule has 0 saturated carbocycles. The number of nitrogens with zero attached hydrogens (tertiary/aromatic N) is 1. The van der Waals surface area contributed by atoms with Crippen molar-refractivity contribution >= 4 is 52.2 Å². The van der Waals surface area contributed by atoms with E-state index in [4.69, 9.17) is 12.2 Å². The number of rotatable bonds is 2. The summed E-state index contributed by atoms with van der Waals surface area (Å²) in [6.07, 6.45) is 1.51. The third-order valence-electron chi connectivity index (χ3n) is 3.02. The van der Waals surface area contributed by atoms with Crippen LogP contribution in [0.1, 0.15) is 4.88 Å². The molecule has 1 aliphatic heterocycles. The van der Waals surface area contributed by atoms with E-state index in [1.165, 1.54) is 46.6 Å². The summed E-state index contributed by atoms with van der Waals surface area (Å²) >= 11 is 6.46. The molecule has 0 aliphatic carbocycles. The van der Waals surface area contributed by atoms with E-state index in [9.17, 15) is 14.0 Å². The zero-order valence-electron chi connectivity index (χ0n) is 11.1.